The maximum absolute atomic E-state index is 12.6. The van der Waals surface area contributed by atoms with Crippen molar-refractivity contribution < 1.29 is 9.90 Å². The molecule has 2 N–H and O–H groups in total. The van der Waals surface area contributed by atoms with Crippen LogP contribution in [0.3, 0.4) is 0 Å². The second-order valence-corrected chi connectivity index (χ2v) is 14.0. The van der Waals surface area contributed by atoms with Crippen molar-refractivity contribution in [1.82, 2.24) is 20.0 Å². The molecule has 6 nitrogen and oxygen atoms in total. The molecule has 6 rings (SSSR count). The predicted octanol–water partition coefficient (Wildman–Crippen LogP) is 7.23. The molecule has 3 fully saturated rings. The molecule has 2 unspecified atom stereocenters. The summed E-state index contributed by atoms with van der Waals surface area (Å²) < 4.78 is 0. The molecule has 0 spiro atoms. The van der Waals surface area contributed by atoms with Crippen LogP contribution in [-0.2, 0) is 4.79 Å². The normalized spacial score (nSPS) is 27.7. The number of carbonyl (C=O) groups is 1. The number of likely N-dealkylation sites (tertiary alicyclic amines) is 2. The first kappa shape index (κ1) is 30.3. The number of carboxylic acids is 1. The number of benzene rings is 1. The molecule has 0 radical (unpaired) electrons. The zero-order valence-electron chi connectivity index (χ0n) is 26.3. The Labute approximate surface area is 258 Å². The van der Waals surface area contributed by atoms with E-state index >= 15 is 0 Å². The maximum Gasteiger partial charge on any atom is 0.321 e. The molecular weight excluding hydrogens is 532 g/mol. The lowest BCUT2D eigenvalue weighted by atomic mass is 9.83. The van der Waals surface area contributed by atoms with Crippen LogP contribution in [0, 0.1) is 23.7 Å². The summed E-state index contributed by atoms with van der Waals surface area (Å²) in [5, 5.41) is 18.6. The molecular formula is C37H52N4O2. The molecule has 3 heterocycles. The number of nitrogens with zero attached hydrogens (tertiary/aromatic N) is 3. The van der Waals surface area contributed by atoms with Gasteiger partial charge >= 0.3 is 5.97 Å². The van der Waals surface area contributed by atoms with Gasteiger partial charge in [-0.3, -0.25) is 14.8 Å². The molecule has 1 aromatic heterocycles. The first-order valence-corrected chi connectivity index (χ1v) is 17.2. The van der Waals surface area contributed by atoms with Crippen molar-refractivity contribution in [1.29, 1.82) is 0 Å². The third-order valence-corrected chi connectivity index (χ3v) is 11.1. The monoisotopic (exact) mass is 584 g/mol. The largest absolute Gasteiger partial charge is 0.480 e. The van der Waals surface area contributed by atoms with Crippen LogP contribution in [0.4, 0.5) is 0 Å². The number of rotatable bonds is 10. The van der Waals surface area contributed by atoms with Gasteiger partial charge in [-0.15, -0.1) is 0 Å². The number of carboxylic acid groups (broad SMARTS) is 1. The lowest BCUT2D eigenvalue weighted by Gasteiger charge is -2.35. The lowest BCUT2D eigenvalue weighted by molar-refractivity contribution is -0.145. The number of nitrogens with one attached hydrogen (secondary N) is 1. The molecule has 5 atom stereocenters. The highest BCUT2D eigenvalue weighted by Gasteiger charge is 2.43. The van der Waals surface area contributed by atoms with Gasteiger partial charge in [0.05, 0.1) is 5.69 Å². The summed E-state index contributed by atoms with van der Waals surface area (Å²) in [4.78, 5) is 17.7. The zero-order valence-corrected chi connectivity index (χ0v) is 26.3. The quantitative estimate of drug-likeness (QED) is 0.308. The van der Waals surface area contributed by atoms with Crippen molar-refractivity contribution in [3.63, 3.8) is 0 Å². The van der Waals surface area contributed by atoms with Crippen LogP contribution < -0.4 is 0 Å². The number of allylic oxidation sites excluding steroid dienone is 3. The Hall–Kier alpha value is -2.70. The Morgan fingerprint density at radius 3 is 2.51 bits per heavy atom. The third kappa shape index (κ3) is 7.01. The van der Waals surface area contributed by atoms with E-state index in [9.17, 15) is 9.90 Å². The number of hydrogen-bond acceptors (Lipinski definition) is 4. The fourth-order valence-corrected chi connectivity index (χ4v) is 8.62. The van der Waals surface area contributed by atoms with Gasteiger partial charge in [-0.1, -0.05) is 81.7 Å². The van der Waals surface area contributed by atoms with Crippen LogP contribution in [0.2, 0.25) is 0 Å². The molecule has 4 aliphatic rings. The first-order valence-electron chi connectivity index (χ1n) is 17.2. The standard InChI is InChI=1S/C37H52N4O2/c1-3-32(27-10-6-4-7-11-27)35-22-34(38-39-35)29-18-20-40(21-19-29)23-31-24-41(25-33(31)28-16-14-26(2)15-17-28)36(37(42)43)30-12-8-5-9-13-30/h4,6-7,10-11,14,16-17,22,26,29-33,36H,3,5,8-9,12-13,15,18-21,23-25H2,1-2H3,(H,38,39)(H,42,43)/t26?,31-,32?,33+,36+/m0/s1. The lowest BCUT2D eigenvalue weighted by Crippen LogP contribution is -2.46. The summed E-state index contributed by atoms with van der Waals surface area (Å²) in [6, 6.07) is 12.7. The molecule has 6 heteroatoms. The van der Waals surface area contributed by atoms with Crippen molar-refractivity contribution in [2.24, 2.45) is 23.7 Å². The summed E-state index contributed by atoms with van der Waals surface area (Å²) in [7, 11) is 0. The first-order chi connectivity index (χ1) is 21.0. The van der Waals surface area contributed by atoms with Gasteiger partial charge in [0.25, 0.3) is 0 Å². The van der Waals surface area contributed by atoms with E-state index in [2.05, 4.69) is 83.4 Å². The van der Waals surface area contributed by atoms with E-state index in [4.69, 9.17) is 5.10 Å². The summed E-state index contributed by atoms with van der Waals surface area (Å²) in [6.45, 7) is 9.56. The van der Waals surface area contributed by atoms with Gasteiger partial charge in [0.1, 0.15) is 6.04 Å². The van der Waals surface area contributed by atoms with E-state index in [0.717, 1.165) is 76.9 Å². The van der Waals surface area contributed by atoms with Crippen molar-refractivity contribution >= 4 is 5.97 Å². The number of H-pyrrole nitrogens is 1. The average Bonchev–Trinajstić information content (AvgIpc) is 3.67. The number of aliphatic carboxylic acids is 1. The van der Waals surface area contributed by atoms with E-state index in [1.807, 2.05) is 0 Å². The van der Waals surface area contributed by atoms with Gasteiger partial charge in [0.2, 0.25) is 0 Å². The predicted molar refractivity (Wildman–Crippen MR) is 173 cm³/mol. The van der Waals surface area contributed by atoms with E-state index in [1.165, 1.54) is 36.1 Å². The van der Waals surface area contributed by atoms with Crippen molar-refractivity contribution in [2.75, 3.05) is 32.7 Å². The highest BCUT2D eigenvalue weighted by Crippen LogP contribution is 2.39. The summed E-state index contributed by atoms with van der Waals surface area (Å²) in [5.74, 6) is 2.04. The van der Waals surface area contributed by atoms with Crippen molar-refractivity contribution in [3.05, 3.63) is 77.2 Å². The number of aromatic amines is 1. The molecule has 43 heavy (non-hydrogen) atoms. The second kappa shape index (κ2) is 13.9. The van der Waals surface area contributed by atoms with Crippen LogP contribution in [0.1, 0.15) is 100 Å². The van der Waals surface area contributed by atoms with E-state index in [1.54, 1.807) is 0 Å². The van der Waals surface area contributed by atoms with Gasteiger partial charge in [0, 0.05) is 43.1 Å². The second-order valence-electron chi connectivity index (χ2n) is 14.0. The fraction of sp³-hybridized carbons (Fsp3) is 0.622. The third-order valence-electron chi connectivity index (χ3n) is 11.1. The van der Waals surface area contributed by atoms with Gasteiger partial charge in [-0.05, 0) is 86.6 Å². The van der Waals surface area contributed by atoms with E-state index < -0.39 is 5.97 Å². The molecule has 232 valence electrons. The minimum atomic E-state index is -0.606. The number of hydrogen-bond donors (Lipinski definition) is 2. The van der Waals surface area contributed by atoms with Gasteiger partial charge < -0.3 is 10.0 Å². The zero-order chi connectivity index (χ0) is 29.8. The summed E-state index contributed by atoms with van der Waals surface area (Å²) in [5.41, 5.74) is 5.23. The van der Waals surface area contributed by atoms with E-state index in [0.29, 0.717) is 35.5 Å². The van der Waals surface area contributed by atoms with Crippen LogP contribution in [0.5, 0.6) is 0 Å². The molecule has 1 aromatic carbocycles. The Balaban J connectivity index is 1.11. The molecule has 1 saturated carbocycles. The Bertz CT molecular complexity index is 1250. The van der Waals surface area contributed by atoms with Crippen LogP contribution in [0.25, 0.3) is 0 Å². The molecule has 0 bridgehead atoms. The average molecular weight is 585 g/mol. The maximum atomic E-state index is 12.6. The molecule has 2 aliphatic carbocycles. The van der Waals surface area contributed by atoms with Gasteiger partial charge in [-0.2, -0.15) is 5.10 Å². The van der Waals surface area contributed by atoms with Crippen LogP contribution >= 0.6 is 0 Å². The fourth-order valence-electron chi connectivity index (χ4n) is 8.62. The highest BCUT2D eigenvalue weighted by molar-refractivity contribution is 5.74. The highest BCUT2D eigenvalue weighted by atomic mass is 16.4. The minimum Gasteiger partial charge on any atom is -0.480 e. The minimum absolute atomic E-state index is 0.297. The number of piperidine rings is 1. The van der Waals surface area contributed by atoms with Crippen LogP contribution in [0.15, 0.2) is 60.2 Å². The molecule has 2 aromatic rings. The van der Waals surface area contributed by atoms with Crippen LogP contribution in [-0.4, -0.2) is 69.8 Å². The Kier molecular flexibility index (Phi) is 9.84. The Morgan fingerprint density at radius 1 is 1.07 bits per heavy atom. The van der Waals surface area contributed by atoms with Gasteiger partial charge in [0.15, 0.2) is 0 Å². The summed E-state index contributed by atoms with van der Waals surface area (Å²) in [6.07, 6.45) is 17.3. The molecule has 0 amide bonds. The van der Waals surface area contributed by atoms with Crippen molar-refractivity contribution in [3.8, 4) is 0 Å². The SMILES string of the molecule is CCC(c1ccccc1)c1cc(C2CCN(C[C@H]3CN([C@@H](C(=O)O)C4CCCCC4)C[C@@H]3C3=CCC(C)C=C3)CC2)[nH]n1. The number of aromatic nitrogens is 2. The summed E-state index contributed by atoms with van der Waals surface area (Å²) >= 11 is 0. The van der Waals surface area contributed by atoms with Gasteiger partial charge in [-0.25, -0.2) is 0 Å². The smallest absolute Gasteiger partial charge is 0.321 e. The Morgan fingerprint density at radius 2 is 1.84 bits per heavy atom. The topological polar surface area (TPSA) is 72.5 Å². The molecule has 2 aliphatic heterocycles. The molecule has 2 saturated heterocycles. The van der Waals surface area contributed by atoms with E-state index in [-0.39, 0.29) is 6.04 Å². The van der Waals surface area contributed by atoms with Crippen molar-refractivity contribution in [2.45, 2.75) is 89.5 Å².